The molecule has 3 aromatic carbocycles. The number of carbonyl (C=O) groups is 1. The number of ether oxygens (including phenoxy) is 1. The van der Waals surface area contributed by atoms with E-state index in [-0.39, 0.29) is 11.9 Å². The first kappa shape index (κ1) is 17.7. The third kappa shape index (κ3) is 2.34. The normalized spacial score (nSPS) is 23.4. The Morgan fingerprint density at radius 3 is 2.77 bits per heavy atom. The number of fused-ring (bicyclic) bond motifs is 6. The van der Waals surface area contributed by atoms with Gasteiger partial charge in [0.05, 0.1) is 23.0 Å². The van der Waals surface area contributed by atoms with Gasteiger partial charge in [0.15, 0.2) is 0 Å². The average Bonchev–Trinajstić information content (AvgIpc) is 3.30. The summed E-state index contributed by atoms with van der Waals surface area (Å²) in [6, 6.07) is 22.0. The van der Waals surface area contributed by atoms with Gasteiger partial charge >= 0.3 is 5.72 Å². The van der Waals surface area contributed by atoms with E-state index in [1.54, 1.807) is 0 Å². The molecule has 0 aromatic heterocycles. The molecule has 0 saturated heterocycles. The summed E-state index contributed by atoms with van der Waals surface area (Å²) in [4.78, 5) is 13.4. The van der Waals surface area contributed by atoms with Gasteiger partial charge < -0.3 is 10.1 Å². The summed E-state index contributed by atoms with van der Waals surface area (Å²) in [5, 5.41) is 9.83. The molecule has 0 radical (unpaired) electrons. The summed E-state index contributed by atoms with van der Waals surface area (Å²) in [7, 11) is 0. The van der Waals surface area contributed by atoms with Gasteiger partial charge in [0.1, 0.15) is 5.75 Å². The zero-order valence-corrected chi connectivity index (χ0v) is 17.8. The predicted octanol–water partition coefficient (Wildman–Crippen LogP) is 5.11. The quantitative estimate of drug-likeness (QED) is 0.550. The van der Waals surface area contributed by atoms with E-state index in [4.69, 9.17) is 9.84 Å². The zero-order chi connectivity index (χ0) is 20.5. The molecule has 3 aromatic rings. The Balaban J connectivity index is 1.57. The minimum Gasteiger partial charge on any atom is -0.453 e. The molecule has 1 amide bonds. The second-order valence-corrected chi connectivity index (χ2v) is 8.82. The van der Waals surface area contributed by atoms with E-state index in [0.29, 0.717) is 6.42 Å². The Morgan fingerprint density at radius 1 is 1.13 bits per heavy atom. The third-order valence-corrected chi connectivity index (χ3v) is 6.55. The fourth-order valence-corrected chi connectivity index (χ4v) is 4.94. The molecule has 0 fully saturated rings. The molecule has 2 atom stereocenters. The summed E-state index contributed by atoms with van der Waals surface area (Å²) in [6.45, 7) is 2.07. The van der Waals surface area contributed by atoms with Gasteiger partial charge in [-0.1, -0.05) is 64.0 Å². The van der Waals surface area contributed by atoms with Crippen LogP contribution in [-0.2, 0) is 10.5 Å². The number of hydrazone groups is 1. The molecule has 3 heterocycles. The van der Waals surface area contributed by atoms with Crippen LogP contribution in [0.5, 0.6) is 5.75 Å². The summed E-state index contributed by atoms with van der Waals surface area (Å²) >= 11 is 3.55. The molecule has 1 N–H and O–H groups in total. The summed E-state index contributed by atoms with van der Waals surface area (Å²) in [5.41, 5.74) is 4.46. The smallest absolute Gasteiger partial charge is 0.306 e. The lowest BCUT2D eigenvalue weighted by molar-refractivity contribution is -0.161. The van der Waals surface area contributed by atoms with Crippen molar-refractivity contribution in [3.63, 3.8) is 0 Å². The number of carbonyl (C=O) groups excluding carboxylic acids is 1. The zero-order valence-electron chi connectivity index (χ0n) is 16.2. The van der Waals surface area contributed by atoms with Crippen LogP contribution in [0.4, 0.5) is 5.69 Å². The number of halogens is 1. The van der Waals surface area contributed by atoms with Crippen LogP contribution < -0.4 is 10.1 Å². The van der Waals surface area contributed by atoms with Crippen LogP contribution in [0.15, 0.2) is 76.3 Å². The van der Waals surface area contributed by atoms with E-state index >= 15 is 0 Å². The Morgan fingerprint density at radius 2 is 1.93 bits per heavy atom. The molecular weight excluding hydrogens is 442 g/mol. The van der Waals surface area contributed by atoms with E-state index in [9.17, 15) is 4.79 Å². The average molecular weight is 460 g/mol. The first-order chi connectivity index (χ1) is 14.6. The number of para-hydroxylation sites is 1. The number of amides is 1. The van der Waals surface area contributed by atoms with Crippen LogP contribution >= 0.6 is 15.9 Å². The Labute approximate surface area is 182 Å². The highest BCUT2D eigenvalue weighted by Gasteiger charge is 2.60. The summed E-state index contributed by atoms with van der Waals surface area (Å²) < 4.78 is 7.36. The lowest BCUT2D eigenvalue weighted by Gasteiger charge is -2.44. The molecule has 6 rings (SSSR count). The van der Waals surface area contributed by atoms with Crippen molar-refractivity contribution in [3.8, 4) is 5.75 Å². The van der Waals surface area contributed by atoms with Gasteiger partial charge in [0.2, 0.25) is 0 Å². The molecule has 6 heteroatoms. The van der Waals surface area contributed by atoms with E-state index in [0.717, 1.165) is 38.3 Å². The summed E-state index contributed by atoms with van der Waals surface area (Å²) in [5.74, 6) is 0.506. The van der Waals surface area contributed by atoms with Crippen LogP contribution in [0.1, 0.15) is 34.7 Å². The van der Waals surface area contributed by atoms with Gasteiger partial charge in [-0.25, -0.2) is 5.01 Å². The monoisotopic (exact) mass is 459 g/mol. The molecular formula is C24H18BrN3O2. The van der Waals surface area contributed by atoms with Crippen molar-refractivity contribution in [3.05, 3.63) is 93.5 Å². The van der Waals surface area contributed by atoms with Crippen LogP contribution in [0.2, 0.25) is 0 Å². The van der Waals surface area contributed by atoms with Crippen molar-refractivity contribution in [1.82, 2.24) is 5.01 Å². The van der Waals surface area contributed by atoms with Gasteiger partial charge in [0, 0.05) is 16.5 Å². The molecule has 0 aliphatic carbocycles. The number of anilines is 1. The highest BCUT2D eigenvalue weighted by Crippen LogP contribution is 2.54. The van der Waals surface area contributed by atoms with Crippen molar-refractivity contribution >= 4 is 33.2 Å². The minimum absolute atomic E-state index is 0.0815. The fraction of sp³-hybridized carbons (Fsp3) is 0.167. The molecule has 5 nitrogen and oxygen atoms in total. The maximum absolute atomic E-state index is 13.4. The number of nitrogens with one attached hydrogen (secondary N) is 1. The SMILES string of the molecule is Cc1ccc(C2=NN3C(C2)c2ccccc2OC32C(=O)Nc3ccc(Br)cc32)cc1. The van der Waals surface area contributed by atoms with Crippen molar-refractivity contribution in [2.24, 2.45) is 5.10 Å². The van der Waals surface area contributed by atoms with Crippen LogP contribution in [0, 0.1) is 6.92 Å². The van der Waals surface area contributed by atoms with E-state index in [2.05, 4.69) is 58.5 Å². The topological polar surface area (TPSA) is 53.9 Å². The maximum Gasteiger partial charge on any atom is 0.306 e. The molecule has 3 aliphatic heterocycles. The van der Waals surface area contributed by atoms with Crippen molar-refractivity contribution < 1.29 is 9.53 Å². The van der Waals surface area contributed by atoms with Gasteiger partial charge in [-0.2, -0.15) is 5.10 Å². The molecule has 2 unspecified atom stereocenters. The van der Waals surface area contributed by atoms with Gasteiger partial charge in [-0.3, -0.25) is 4.79 Å². The molecule has 0 saturated carbocycles. The number of hydrogen-bond acceptors (Lipinski definition) is 4. The molecule has 3 aliphatic rings. The molecule has 148 valence electrons. The van der Waals surface area contributed by atoms with Crippen LogP contribution in [0.25, 0.3) is 0 Å². The highest BCUT2D eigenvalue weighted by atomic mass is 79.9. The lowest BCUT2D eigenvalue weighted by atomic mass is 9.92. The highest BCUT2D eigenvalue weighted by molar-refractivity contribution is 9.10. The first-order valence-corrected chi connectivity index (χ1v) is 10.7. The largest absolute Gasteiger partial charge is 0.453 e. The van der Waals surface area contributed by atoms with Crippen molar-refractivity contribution in [2.45, 2.75) is 25.1 Å². The van der Waals surface area contributed by atoms with E-state index < -0.39 is 5.72 Å². The second-order valence-electron chi connectivity index (χ2n) is 7.91. The van der Waals surface area contributed by atoms with Crippen LogP contribution in [0.3, 0.4) is 0 Å². The number of hydrogen-bond donors (Lipinski definition) is 1. The number of aryl methyl sites for hydroxylation is 1. The number of benzene rings is 3. The van der Waals surface area contributed by atoms with Gasteiger partial charge in [0.25, 0.3) is 5.91 Å². The van der Waals surface area contributed by atoms with Gasteiger partial charge in [-0.15, -0.1) is 0 Å². The van der Waals surface area contributed by atoms with E-state index in [1.807, 2.05) is 41.4 Å². The Bertz CT molecular complexity index is 1240. The molecule has 1 spiro atoms. The number of nitrogens with zero attached hydrogens (tertiary/aromatic N) is 2. The van der Waals surface area contributed by atoms with E-state index in [1.165, 1.54) is 5.56 Å². The lowest BCUT2D eigenvalue weighted by Crippen LogP contribution is -2.55. The van der Waals surface area contributed by atoms with Crippen molar-refractivity contribution in [1.29, 1.82) is 0 Å². The predicted molar refractivity (Wildman–Crippen MR) is 118 cm³/mol. The standard InChI is InChI=1S/C24H18BrN3O2/c1-14-6-8-15(9-7-14)20-13-21-17-4-2-3-5-22(17)30-24(28(21)27-20)18-12-16(25)10-11-19(18)26-23(24)29/h2-12,21H,13H2,1H3,(H,26,29). The Kier molecular flexibility index (Phi) is 3.65. The Hall–Kier alpha value is -3.12. The minimum atomic E-state index is -1.33. The van der Waals surface area contributed by atoms with Crippen molar-refractivity contribution in [2.75, 3.05) is 5.32 Å². The maximum atomic E-state index is 13.4. The molecule has 0 bridgehead atoms. The first-order valence-electron chi connectivity index (χ1n) is 9.89. The fourth-order valence-electron chi connectivity index (χ4n) is 4.58. The summed E-state index contributed by atoms with van der Waals surface area (Å²) in [6.07, 6.45) is 0.710. The van der Waals surface area contributed by atoms with Gasteiger partial charge in [-0.05, 0) is 36.8 Å². The third-order valence-electron chi connectivity index (χ3n) is 6.06. The number of rotatable bonds is 1. The van der Waals surface area contributed by atoms with Crippen LogP contribution in [-0.4, -0.2) is 16.6 Å². The second kappa shape index (κ2) is 6.19. The molecule has 30 heavy (non-hydrogen) atoms.